The number of methoxy groups -OCH3 is 1. The molecule has 3 fully saturated rings. The van der Waals surface area contributed by atoms with E-state index in [0.717, 1.165) is 53.4 Å². The zero-order valence-electron chi connectivity index (χ0n) is 33.4. The fourth-order valence-electron chi connectivity index (χ4n) is 9.30. The van der Waals surface area contributed by atoms with Crippen molar-refractivity contribution in [2.24, 2.45) is 11.8 Å². The third kappa shape index (κ3) is 7.32. The van der Waals surface area contributed by atoms with E-state index in [1.54, 1.807) is 18.9 Å². The molecule has 5 atom stereocenters. The first-order chi connectivity index (χ1) is 27.2. The maximum Gasteiger partial charge on any atom is 0.243 e. The van der Waals surface area contributed by atoms with Gasteiger partial charge in [-0.15, -0.1) is 11.3 Å². The number of nitrogens with one attached hydrogen (secondary N) is 1. The summed E-state index contributed by atoms with van der Waals surface area (Å²) in [7, 11) is -2.10. The molecule has 2 saturated carbocycles. The molecule has 3 aromatic rings. The highest BCUT2D eigenvalue weighted by molar-refractivity contribution is 7.93. The summed E-state index contributed by atoms with van der Waals surface area (Å²) in [6, 6.07) is 6.70. The number of carbonyl (C=O) groups excluding carboxylic acids is 4. The second-order valence-electron chi connectivity index (χ2n) is 17.3. The van der Waals surface area contributed by atoms with Gasteiger partial charge in [0.15, 0.2) is 21.4 Å². The lowest BCUT2D eigenvalue weighted by molar-refractivity contribution is -0.142. The van der Waals surface area contributed by atoms with Crippen LogP contribution >= 0.6 is 11.3 Å². The van der Waals surface area contributed by atoms with Gasteiger partial charge in [0.1, 0.15) is 34.4 Å². The van der Waals surface area contributed by atoms with E-state index < -0.39 is 55.1 Å². The first-order valence-corrected chi connectivity index (χ1v) is 23.1. The second-order valence-corrected chi connectivity index (χ2v) is 20.7. The maximum absolute atomic E-state index is 15.0. The Morgan fingerprint density at radius 2 is 1.91 bits per heavy atom. The number of hydrogen-bond acceptors (Lipinski definition) is 10. The Balaban J connectivity index is 1.16. The zero-order valence-corrected chi connectivity index (χ0v) is 35.0. The summed E-state index contributed by atoms with van der Waals surface area (Å²) < 4.78 is 38.4. The topological polar surface area (TPSA) is 149 Å². The molecule has 57 heavy (non-hydrogen) atoms. The van der Waals surface area contributed by atoms with Crippen molar-refractivity contribution in [2.45, 2.75) is 126 Å². The Hall–Kier alpha value is -4.10. The summed E-state index contributed by atoms with van der Waals surface area (Å²) in [5.41, 5.74) is 1.22. The predicted octanol–water partition coefficient (Wildman–Crippen LogP) is 6.66. The number of aryl methyl sites for hydroxylation is 3. The van der Waals surface area contributed by atoms with Crippen LogP contribution in [0, 0.1) is 18.8 Å². The molecular formula is C44H53N3O8S2. The lowest BCUT2D eigenvalue weighted by Gasteiger charge is -2.37. The largest absolute Gasteiger partial charge is 0.497 e. The van der Waals surface area contributed by atoms with Crippen molar-refractivity contribution >= 4 is 55.5 Å². The summed E-state index contributed by atoms with van der Waals surface area (Å²) in [4.78, 5) is 64.9. The van der Waals surface area contributed by atoms with Crippen LogP contribution in [0.15, 0.2) is 41.8 Å². The molecule has 2 aliphatic carbocycles. The normalized spacial score (nSPS) is 28.9. The van der Waals surface area contributed by atoms with Crippen LogP contribution in [0.1, 0.15) is 111 Å². The number of fused-ring (bicyclic) bond motifs is 5. The highest BCUT2D eigenvalue weighted by Crippen LogP contribution is 2.50. The quantitative estimate of drug-likeness (QED) is 0.185. The highest BCUT2D eigenvalue weighted by atomic mass is 32.2. The van der Waals surface area contributed by atoms with Gasteiger partial charge >= 0.3 is 0 Å². The van der Waals surface area contributed by atoms with Crippen molar-refractivity contribution in [1.82, 2.24) is 15.2 Å². The molecule has 2 amide bonds. The molecule has 304 valence electrons. The molecule has 8 rings (SSSR count). The number of hydrogen-bond donors (Lipinski definition) is 1. The third-order valence-electron chi connectivity index (χ3n) is 13.4. The molecule has 0 bridgehead atoms. The molecule has 5 heterocycles. The van der Waals surface area contributed by atoms with Crippen molar-refractivity contribution in [3.8, 4) is 11.5 Å². The monoisotopic (exact) mass is 815 g/mol. The molecule has 11 nitrogen and oxygen atoms in total. The molecule has 0 unspecified atom stereocenters. The summed E-state index contributed by atoms with van der Waals surface area (Å²) in [6.45, 7) is 5.73. The maximum atomic E-state index is 15.0. The summed E-state index contributed by atoms with van der Waals surface area (Å²) in [6.07, 6.45) is 11.0. The van der Waals surface area contributed by atoms with E-state index in [-0.39, 0.29) is 37.0 Å². The average molecular weight is 816 g/mol. The first kappa shape index (κ1) is 39.7. The number of sulfone groups is 1. The van der Waals surface area contributed by atoms with Crippen LogP contribution in [0.3, 0.4) is 0 Å². The van der Waals surface area contributed by atoms with E-state index in [1.165, 1.54) is 11.3 Å². The number of allylic oxidation sites excluding steroid dienone is 1. The molecule has 1 N–H and O–H groups in total. The number of thiophene rings is 1. The van der Waals surface area contributed by atoms with Gasteiger partial charge in [-0.3, -0.25) is 19.2 Å². The number of Topliss-reactive ketones (excluding diaryl/α,β-unsaturated/α-hetero) is 2. The Morgan fingerprint density at radius 1 is 1.11 bits per heavy atom. The van der Waals surface area contributed by atoms with Gasteiger partial charge in [0.25, 0.3) is 0 Å². The number of rotatable bonds is 9. The van der Waals surface area contributed by atoms with Gasteiger partial charge in [-0.25, -0.2) is 13.4 Å². The Morgan fingerprint density at radius 3 is 2.63 bits per heavy atom. The minimum absolute atomic E-state index is 0.0282. The predicted molar refractivity (Wildman–Crippen MR) is 219 cm³/mol. The fraction of sp³-hybridized carbons (Fsp3) is 0.568. The number of aromatic nitrogens is 1. The molecule has 5 aliphatic rings. The standard InChI is InChI=1S/C44H53N3O8S2/c1-5-33-38-31(32-22-30(54-4)13-14-34(32)45-33)15-17-43(55-38)24-35-40(50)46-44(37(49)25-57(52,53)42(3)18-19-42)23-29(44)12-10-8-6-7-9-11-28(41(51)47(35)26-43)21-36(48)39-27(2)16-20-56-39/h10,12-14,16,20,22,28-29,35H,5-9,11,15,17-19,21,23-26H2,1-4H3,(H,46,50)/b12-10-/t28-,29-,35+,43-,44-/m1/s1. The van der Waals surface area contributed by atoms with Crippen molar-refractivity contribution in [2.75, 3.05) is 19.4 Å². The van der Waals surface area contributed by atoms with E-state index >= 15 is 4.79 Å². The van der Waals surface area contributed by atoms with Crippen LogP contribution in [0.25, 0.3) is 10.9 Å². The minimum atomic E-state index is -3.73. The molecular weight excluding hydrogens is 763 g/mol. The molecule has 1 spiro atoms. The molecule has 2 aromatic heterocycles. The van der Waals surface area contributed by atoms with Crippen LogP contribution in [-0.4, -0.2) is 83.0 Å². The SMILES string of the molecule is CCc1nc2ccc(OC)cc2c2c1O[C@]1(CC2)C[C@H]2C(=O)N[C@]3(C(=O)CS(=O)(=O)C4(C)CC4)C[C@H]3/C=C\CCCCC[C@H](CC(=O)c3sccc3C)C(=O)N2C1. The number of ketones is 2. The second kappa shape index (κ2) is 14.9. The van der Waals surface area contributed by atoms with Gasteiger partial charge in [0.05, 0.1) is 34.5 Å². The lowest BCUT2D eigenvalue weighted by atomic mass is 9.87. The minimum Gasteiger partial charge on any atom is -0.497 e. The van der Waals surface area contributed by atoms with Gasteiger partial charge in [-0.1, -0.05) is 31.9 Å². The van der Waals surface area contributed by atoms with Crippen LogP contribution in [-0.2, 0) is 37.1 Å². The van der Waals surface area contributed by atoms with E-state index in [2.05, 4.69) is 5.32 Å². The number of amides is 2. The summed E-state index contributed by atoms with van der Waals surface area (Å²) >= 11 is 1.38. The smallest absolute Gasteiger partial charge is 0.243 e. The van der Waals surface area contributed by atoms with Crippen molar-refractivity contribution in [3.63, 3.8) is 0 Å². The average Bonchev–Trinajstić information content (AvgIpc) is 4.01. The number of nitrogens with zero attached hydrogens (tertiary/aromatic N) is 2. The van der Waals surface area contributed by atoms with Gasteiger partial charge < -0.3 is 19.7 Å². The van der Waals surface area contributed by atoms with E-state index in [0.29, 0.717) is 61.3 Å². The van der Waals surface area contributed by atoms with Crippen LogP contribution in [0.4, 0.5) is 0 Å². The lowest BCUT2D eigenvalue weighted by Crippen LogP contribution is -2.55. The van der Waals surface area contributed by atoms with E-state index in [9.17, 15) is 22.8 Å². The Labute approximate surface area is 338 Å². The van der Waals surface area contributed by atoms with Gasteiger partial charge in [0, 0.05) is 35.6 Å². The van der Waals surface area contributed by atoms with Gasteiger partial charge in [-0.05, 0) is 107 Å². The number of benzene rings is 1. The van der Waals surface area contributed by atoms with Crippen molar-refractivity contribution < 1.29 is 37.1 Å². The number of pyridine rings is 1. The fourth-order valence-corrected chi connectivity index (χ4v) is 11.9. The first-order valence-electron chi connectivity index (χ1n) is 20.5. The van der Waals surface area contributed by atoms with Crippen molar-refractivity contribution in [3.05, 3.63) is 63.5 Å². The molecule has 1 saturated heterocycles. The zero-order chi connectivity index (χ0) is 40.3. The Kier molecular flexibility index (Phi) is 10.4. The van der Waals surface area contributed by atoms with Crippen molar-refractivity contribution in [1.29, 1.82) is 0 Å². The van der Waals surface area contributed by atoms with Crippen LogP contribution in [0.2, 0.25) is 0 Å². The summed E-state index contributed by atoms with van der Waals surface area (Å²) in [5.74, 6) is -1.63. The Bertz CT molecular complexity index is 2280. The van der Waals surface area contributed by atoms with Gasteiger partial charge in [0.2, 0.25) is 11.8 Å². The van der Waals surface area contributed by atoms with Crippen LogP contribution in [0.5, 0.6) is 11.5 Å². The summed E-state index contributed by atoms with van der Waals surface area (Å²) in [5, 5.41) is 5.88. The molecule has 3 aliphatic heterocycles. The van der Waals surface area contributed by atoms with E-state index in [4.69, 9.17) is 14.5 Å². The van der Waals surface area contributed by atoms with E-state index in [1.807, 2.05) is 55.6 Å². The highest BCUT2D eigenvalue weighted by Gasteiger charge is 2.63. The third-order valence-corrected chi connectivity index (χ3v) is 17.0. The molecule has 0 radical (unpaired) electrons. The number of ether oxygens (including phenoxy) is 2. The molecule has 1 aromatic carbocycles. The van der Waals surface area contributed by atoms with Gasteiger partial charge in [-0.2, -0.15) is 0 Å². The van der Waals surface area contributed by atoms with Crippen LogP contribution < -0.4 is 14.8 Å². The number of carbonyl (C=O) groups is 4. The molecule has 13 heteroatoms.